The van der Waals surface area contributed by atoms with Gasteiger partial charge in [0.25, 0.3) is 11.6 Å². The molecule has 1 N–H and O–H groups in total. The van der Waals surface area contributed by atoms with Crippen LogP contribution in [0, 0.1) is 10.1 Å². The summed E-state index contributed by atoms with van der Waals surface area (Å²) in [6.07, 6.45) is 1.61. The highest BCUT2D eigenvalue weighted by molar-refractivity contribution is 6.32. The van der Waals surface area contributed by atoms with Crippen molar-refractivity contribution < 1.29 is 19.2 Å². The number of nitrogens with zero attached hydrogens (tertiary/aromatic N) is 2. The van der Waals surface area contributed by atoms with E-state index in [0.29, 0.717) is 32.8 Å². The lowest BCUT2D eigenvalue weighted by Gasteiger charge is -2.07. The van der Waals surface area contributed by atoms with Crippen LogP contribution in [0.15, 0.2) is 12.3 Å². The number of nitrogens with one attached hydrogen (secondary N) is 1. The summed E-state index contributed by atoms with van der Waals surface area (Å²) < 4.78 is 10.0. The molecule has 1 heterocycles. The number of hydrogen-bond donors (Lipinski definition) is 1. The minimum absolute atomic E-state index is 0.0221. The van der Waals surface area contributed by atoms with E-state index in [-0.39, 0.29) is 16.4 Å². The van der Waals surface area contributed by atoms with E-state index < -0.39 is 10.8 Å². The van der Waals surface area contributed by atoms with E-state index in [9.17, 15) is 14.9 Å². The number of aromatic nitrogens is 1. The largest absolute Gasteiger partial charge is 0.382 e. The highest BCUT2D eigenvalue weighted by Crippen LogP contribution is 2.18. The van der Waals surface area contributed by atoms with Gasteiger partial charge in [0.2, 0.25) is 0 Å². The third-order valence-corrected chi connectivity index (χ3v) is 2.76. The molecule has 0 aliphatic rings. The Morgan fingerprint density at radius 2 is 2.24 bits per heavy atom. The summed E-state index contributed by atoms with van der Waals surface area (Å²) in [5.41, 5.74) is -0.307. The van der Waals surface area contributed by atoms with Crippen LogP contribution in [-0.2, 0) is 9.47 Å². The summed E-state index contributed by atoms with van der Waals surface area (Å²) >= 11 is 5.76. The fourth-order valence-corrected chi connectivity index (χ4v) is 1.60. The molecule has 0 fully saturated rings. The second-order valence-electron chi connectivity index (χ2n) is 4.00. The Hall–Kier alpha value is -1.77. The molecule has 116 valence electrons. The SMILES string of the molecule is COCCOCCCNC(=O)c1cc([N+](=O)[O-])cnc1Cl. The topological polar surface area (TPSA) is 104 Å². The fraction of sp³-hybridized carbons (Fsp3) is 0.500. The second-order valence-corrected chi connectivity index (χ2v) is 4.36. The third kappa shape index (κ3) is 6.03. The van der Waals surface area contributed by atoms with Crippen molar-refractivity contribution in [1.29, 1.82) is 0 Å². The van der Waals surface area contributed by atoms with Gasteiger partial charge in [-0.1, -0.05) is 11.6 Å². The van der Waals surface area contributed by atoms with Gasteiger partial charge in [0.15, 0.2) is 0 Å². The van der Waals surface area contributed by atoms with E-state index in [1.165, 1.54) is 0 Å². The van der Waals surface area contributed by atoms with Gasteiger partial charge in [-0.15, -0.1) is 0 Å². The molecule has 0 spiro atoms. The van der Waals surface area contributed by atoms with Gasteiger partial charge in [-0.2, -0.15) is 0 Å². The number of methoxy groups -OCH3 is 1. The van der Waals surface area contributed by atoms with E-state index in [0.717, 1.165) is 12.3 Å². The zero-order valence-electron chi connectivity index (χ0n) is 11.5. The molecule has 0 aliphatic carbocycles. The minimum atomic E-state index is -0.635. The van der Waals surface area contributed by atoms with Gasteiger partial charge in [0, 0.05) is 26.3 Å². The van der Waals surface area contributed by atoms with Gasteiger partial charge in [0.1, 0.15) is 11.3 Å². The monoisotopic (exact) mass is 317 g/mol. The molecule has 0 aliphatic heterocycles. The van der Waals surface area contributed by atoms with E-state index >= 15 is 0 Å². The Balaban J connectivity index is 2.41. The number of amides is 1. The van der Waals surface area contributed by atoms with Gasteiger partial charge in [0.05, 0.1) is 23.7 Å². The molecule has 8 nitrogen and oxygen atoms in total. The second kappa shape index (κ2) is 9.22. The molecule has 21 heavy (non-hydrogen) atoms. The first-order valence-electron chi connectivity index (χ1n) is 6.21. The molecule has 1 aromatic rings. The maximum Gasteiger partial charge on any atom is 0.288 e. The summed E-state index contributed by atoms with van der Waals surface area (Å²) in [7, 11) is 1.58. The summed E-state index contributed by atoms with van der Waals surface area (Å²) in [4.78, 5) is 25.5. The summed E-state index contributed by atoms with van der Waals surface area (Å²) in [6.45, 7) is 1.85. The molecule has 1 rings (SSSR count). The minimum Gasteiger partial charge on any atom is -0.382 e. The molecule has 0 aromatic carbocycles. The van der Waals surface area contributed by atoms with Crippen molar-refractivity contribution in [2.24, 2.45) is 0 Å². The number of carbonyl (C=O) groups excluding carboxylic acids is 1. The number of rotatable bonds is 9. The van der Waals surface area contributed by atoms with Crippen LogP contribution >= 0.6 is 11.6 Å². The average molecular weight is 318 g/mol. The number of hydrogen-bond acceptors (Lipinski definition) is 6. The molecule has 1 aromatic heterocycles. The van der Waals surface area contributed by atoms with Crippen molar-refractivity contribution in [3.63, 3.8) is 0 Å². The zero-order valence-corrected chi connectivity index (χ0v) is 12.3. The molecular weight excluding hydrogens is 302 g/mol. The van der Waals surface area contributed by atoms with Crippen LogP contribution < -0.4 is 5.32 Å². The van der Waals surface area contributed by atoms with Crippen LogP contribution in [0.4, 0.5) is 5.69 Å². The lowest BCUT2D eigenvalue weighted by atomic mass is 10.2. The Bertz CT molecular complexity index is 498. The van der Waals surface area contributed by atoms with Gasteiger partial charge in [-0.25, -0.2) is 4.98 Å². The van der Waals surface area contributed by atoms with Gasteiger partial charge in [-0.05, 0) is 6.42 Å². The predicted molar refractivity (Wildman–Crippen MR) is 75.5 cm³/mol. The smallest absolute Gasteiger partial charge is 0.288 e. The van der Waals surface area contributed by atoms with Crippen molar-refractivity contribution >= 4 is 23.2 Å². The molecular formula is C12H16ClN3O5. The summed E-state index contributed by atoms with van der Waals surface area (Å²) in [6, 6.07) is 1.10. The van der Waals surface area contributed by atoms with E-state index in [2.05, 4.69) is 10.3 Å². The van der Waals surface area contributed by atoms with Gasteiger partial charge >= 0.3 is 0 Å². The molecule has 0 radical (unpaired) electrons. The summed E-state index contributed by atoms with van der Waals surface area (Å²) in [5.74, 6) is -0.506. The zero-order chi connectivity index (χ0) is 15.7. The van der Waals surface area contributed by atoms with Crippen molar-refractivity contribution in [2.75, 3.05) is 33.5 Å². The fourth-order valence-electron chi connectivity index (χ4n) is 1.41. The molecule has 0 atom stereocenters. The number of carbonyl (C=O) groups is 1. The standard InChI is InChI=1S/C12H16ClN3O5/c1-20-5-6-21-4-2-3-14-12(17)10-7-9(16(18)19)8-15-11(10)13/h7-8H,2-6H2,1H3,(H,14,17). The lowest BCUT2D eigenvalue weighted by molar-refractivity contribution is -0.385. The summed E-state index contributed by atoms with van der Waals surface area (Å²) in [5, 5.41) is 13.2. The first-order chi connectivity index (χ1) is 10.1. The highest BCUT2D eigenvalue weighted by atomic mass is 35.5. The normalized spacial score (nSPS) is 10.4. The van der Waals surface area contributed by atoms with Gasteiger partial charge < -0.3 is 14.8 Å². The van der Waals surface area contributed by atoms with E-state index in [1.807, 2.05) is 0 Å². The first kappa shape index (κ1) is 17.3. The average Bonchev–Trinajstić information content (AvgIpc) is 2.46. The quantitative estimate of drug-likeness (QED) is 0.320. The van der Waals surface area contributed by atoms with Crippen LogP contribution in [0.2, 0.25) is 5.15 Å². The molecule has 0 unspecified atom stereocenters. The van der Waals surface area contributed by atoms with Crippen LogP contribution in [0.25, 0.3) is 0 Å². The van der Waals surface area contributed by atoms with Crippen molar-refractivity contribution in [2.45, 2.75) is 6.42 Å². The first-order valence-corrected chi connectivity index (χ1v) is 6.59. The molecule has 1 amide bonds. The predicted octanol–water partition coefficient (Wildman–Crippen LogP) is 1.43. The Morgan fingerprint density at radius 1 is 1.48 bits per heavy atom. The third-order valence-electron chi connectivity index (χ3n) is 2.46. The van der Waals surface area contributed by atoms with Crippen LogP contribution in [0.3, 0.4) is 0 Å². The van der Waals surface area contributed by atoms with Gasteiger partial charge in [-0.3, -0.25) is 14.9 Å². The van der Waals surface area contributed by atoms with E-state index in [1.54, 1.807) is 7.11 Å². The molecule has 0 saturated heterocycles. The maximum atomic E-state index is 11.9. The number of nitro groups is 1. The number of pyridine rings is 1. The molecule has 0 bridgehead atoms. The molecule has 0 saturated carbocycles. The van der Waals surface area contributed by atoms with Crippen LogP contribution in [0.1, 0.15) is 16.8 Å². The van der Waals surface area contributed by atoms with Crippen LogP contribution in [-0.4, -0.2) is 49.3 Å². The molecule has 9 heteroatoms. The van der Waals surface area contributed by atoms with Crippen molar-refractivity contribution in [3.8, 4) is 0 Å². The number of ether oxygens (including phenoxy) is 2. The van der Waals surface area contributed by atoms with Crippen molar-refractivity contribution in [3.05, 3.63) is 33.1 Å². The Kier molecular flexibility index (Phi) is 7.59. The number of halogens is 1. The van der Waals surface area contributed by atoms with E-state index in [4.69, 9.17) is 21.1 Å². The highest BCUT2D eigenvalue weighted by Gasteiger charge is 2.16. The lowest BCUT2D eigenvalue weighted by Crippen LogP contribution is -2.26. The maximum absolute atomic E-state index is 11.9. The van der Waals surface area contributed by atoms with Crippen molar-refractivity contribution in [1.82, 2.24) is 10.3 Å². The Labute approximate surface area is 126 Å². The van der Waals surface area contributed by atoms with Crippen LogP contribution in [0.5, 0.6) is 0 Å². The Morgan fingerprint density at radius 3 is 2.90 bits per heavy atom.